The molecule has 7 heteroatoms. The summed E-state index contributed by atoms with van der Waals surface area (Å²) in [5, 5.41) is 12.6. The number of primary sulfonamides is 1. The molecule has 3 N–H and O–H groups in total. The van der Waals surface area contributed by atoms with Gasteiger partial charge in [-0.2, -0.15) is 5.10 Å². The van der Waals surface area contributed by atoms with Gasteiger partial charge in [0, 0.05) is 22.7 Å². The van der Waals surface area contributed by atoms with E-state index in [2.05, 4.69) is 27.0 Å². The summed E-state index contributed by atoms with van der Waals surface area (Å²) in [7, 11) is -3.80. The lowest BCUT2D eigenvalue weighted by Gasteiger charge is -2.00. The summed E-state index contributed by atoms with van der Waals surface area (Å²) in [6.07, 6.45) is 3.23. The second kappa shape index (κ2) is 5.01. The van der Waals surface area contributed by atoms with E-state index < -0.39 is 10.0 Å². The van der Waals surface area contributed by atoms with Gasteiger partial charge in [-0.25, -0.2) is 18.5 Å². The first-order chi connectivity index (χ1) is 10.0. The van der Waals surface area contributed by atoms with Crippen LogP contribution >= 0.6 is 0 Å². The normalized spacial score (nSPS) is 11.1. The molecule has 3 rings (SSSR count). The van der Waals surface area contributed by atoms with E-state index in [0.717, 1.165) is 5.39 Å². The van der Waals surface area contributed by atoms with E-state index in [4.69, 9.17) is 5.14 Å². The summed E-state index contributed by atoms with van der Waals surface area (Å²) in [6, 6.07) is 8.16. The molecular weight excluding hydrogens is 288 g/mol. The highest BCUT2D eigenvalue weighted by Gasteiger charge is 2.11. The van der Waals surface area contributed by atoms with E-state index in [0.29, 0.717) is 16.8 Å². The molecule has 1 aromatic carbocycles. The highest BCUT2D eigenvalue weighted by molar-refractivity contribution is 7.89. The molecule has 6 nitrogen and oxygen atoms in total. The molecule has 0 unspecified atom stereocenters. The first-order valence-corrected chi connectivity index (χ1v) is 7.52. The zero-order valence-corrected chi connectivity index (χ0v) is 11.6. The van der Waals surface area contributed by atoms with Gasteiger partial charge in [0.15, 0.2) is 5.65 Å². The minimum atomic E-state index is -3.80. The second-order valence-corrected chi connectivity index (χ2v) is 5.85. The molecule has 0 saturated heterocycles. The van der Waals surface area contributed by atoms with Crippen LogP contribution in [-0.2, 0) is 10.0 Å². The number of sulfonamides is 1. The van der Waals surface area contributed by atoms with Gasteiger partial charge >= 0.3 is 0 Å². The Morgan fingerprint density at radius 2 is 1.95 bits per heavy atom. The van der Waals surface area contributed by atoms with Crippen molar-refractivity contribution in [1.29, 1.82) is 0 Å². The number of nitrogens with one attached hydrogen (secondary N) is 1. The lowest BCUT2D eigenvalue weighted by molar-refractivity contribution is 0.597. The maximum absolute atomic E-state index is 11.5. The van der Waals surface area contributed by atoms with Gasteiger partial charge in [-0.1, -0.05) is 24.0 Å². The number of pyridine rings is 1. The van der Waals surface area contributed by atoms with Crippen LogP contribution < -0.4 is 5.14 Å². The van der Waals surface area contributed by atoms with Gasteiger partial charge in [0.05, 0.1) is 11.1 Å². The van der Waals surface area contributed by atoms with Crippen LogP contribution in [0, 0.1) is 11.8 Å². The Balaban J connectivity index is 2.05. The highest BCUT2D eigenvalue weighted by Crippen LogP contribution is 2.13. The first-order valence-electron chi connectivity index (χ1n) is 5.97. The zero-order valence-electron chi connectivity index (χ0n) is 10.7. The minimum Gasteiger partial charge on any atom is -0.261 e. The monoisotopic (exact) mass is 298 g/mol. The summed E-state index contributed by atoms with van der Waals surface area (Å²) >= 11 is 0. The second-order valence-electron chi connectivity index (χ2n) is 4.32. The van der Waals surface area contributed by atoms with Crippen molar-refractivity contribution in [1.82, 2.24) is 15.2 Å². The molecule has 0 atom stereocenters. The summed E-state index contributed by atoms with van der Waals surface area (Å²) in [6.45, 7) is 0. The van der Waals surface area contributed by atoms with Gasteiger partial charge < -0.3 is 0 Å². The Kier molecular flexibility index (Phi) is 3.17. The highest BCUT2D eigenvalue weighted by atomic mass is 32.2. The lowest BCUT2D eigenvalue weighted by Crippen LogP contribution is -2.13. The van der Waals surface area contributed by atoms with Crippen LogP contribution in [0.4, 0.5) is 0 Å². The maximum atomic E-state index is 11.5. The van der Waals surface area contributed by atoms with Crippen molar-refractivity contribution in [3.05, 3.63) is 53.9 Å². The number of benzene rings is 1. The summed E-state index contributed by atoms with van der Waals surface area (Å²) in [4.78, 5) is 4.17. The van der Waals surface area contributed by atoms with Crippen LogP contribution in [0.2, 0.25) is 0 Å². The number of aromatic amines is 1. The molecule has 0 spiro atoms. The number of hydrogen-bond acceptors (Lipinski definition) is 4. The van der Waals surface area contributed by atoms with Crippen molar-refractivity contribution < 1.29 is 8.42 Å². The Hall–Kier alpha value is -2.69. The molecule has 21 heavy (non-hydrogen) atoms. The lowest BCUT2D eigenvalue weighted by atomic mass is 10.2. The number of nitrogens with zero attached hydrogens (tertiary/aromatic N) is 2. The molecule has 2 aromatic heterocycles. The standard InChI is InChI=1S/C14H10N4O2S/c15-21(19,20)13-4-2-1-3-11(13)6-5-10-7-12-9-17-18-14(12)16-8-10/h1-4,7-9H,(H2,15,19,20)(H,16,17,18). The van der Waals surface area contributed by atoms with Crippen LogP contribution in [0.1, 0.15) is 11.1 Å². The number of aromatic nitrogens is 3. The van der Waals surface area contributed by atoms with Crippen molar-refractivity contribution in [2.75, 3.05) is 0 Å². The van der Waals surface area contributed by atoms with E-state index in [1.165, 1.54) is 6.07 Å². The van der Waals surface area contributed by atoms with Crippen molar-refractivity contribution in [3.8, 4) is 11.8 Å². The van der Waals surface area contributed by atoms with Crippen molar-refractivity contribution in [2.24, 2.45) is 5.14 Å². The van der Waals surface area contributed by atoms with E-state index in [9.17, 15) is 8.42 Å². The molecule has 0 radical (unpaired) electrons. The molecule has 104 valence electrons. The molecule has 0 saturated carbocycles. The molecule has 2 heterocycles. The third-order valence-electron chi connectivity index (χ3n) is 2.83. The third kappa shape index (κ3) is 2.76. The third-order valence-corrected chi connectivity index (χ3v) is 3.80. The van der Waals surface area contributed by atoms with E-state index in [1.807, 2.05) is 6.07 Å². The van der Waals surface area contributed by atoms with Crippen LogP contribution in [0.5, 0.6) is 0 Å². The predicted octanol–water partition coefficient (Wildman–Crippen LogP) is 1.01. The fraction of sp³-hybridized carbons (Fsp3) is 0. The average Bonchev–Trinajstić information content (AvgIpc) is 2.92. The zero-order chi connectivity index (χ0) is 14.9. The summed E-state index contributed by atoms with van der Waals surface area (Å²) in [5.41, 5.74) is 1.69. The van der Waals surface area contributed by atoms with Crippen LogP contribution in [-0.4, -0.2) is 23.6 Å². The smallest absolute Gasteiger partial charge is 0.239 e. The van der Waals surface area contributed by atoms with Gasteiger partial charge in [0.1, 0.15) is 0 Å². The summed E-state index contributed by atoms with van der Waals surface area (Å²) < 4.78 is 23.0. The molecule has 0 bridgehead atoms. The Bertz CT molecular complexity index is 981. The molecule has 0 fully saturated rings. The van der Waals surface area contributed by atoms with Crippen LogP contribution in [0.15, 0.2) is 47.6 Å². The molecule has 3 aromatic rings. The van der Waals surface area contributed by atoms with Crippen molar-refractivity contribution in [2.45, 2.75) is 4.90 Å². The molecular formula is C14H10N4O2S. The van der Waals surface area contributed by atoms with Crippen LogP contribution in [0.3, 0.4) is 0 Å². The fourth-order valence-corrected chi connectivity index (χ4v) is 2.56. The minimum absolute atomic E-state index is 0.00912. The maximum Gasteiger partial charge on any atom is 0.239 e. The van der Waals surface area contributed by atoms with Gasteiger partial charge in [-0.3, -0.25) is 5.10 Å². The molecule has 0 aliphatic heterocycles. The topological polar surface area (TPSA) is 102 Å². The molecule has 0 amide bonds. The fourth-order valence-electron chi connectivity index (χ4n) is 1.86. The van der Waals surface area contributed by atoms with Gasteiger partial charge in [0.25, 0.3) is 0 Å². The van der Waals surface area contributed by atoms with E-state index in [-0.39, 0.29) is 4.90 Å². The van der Waals surface area contributed by atoms with E-state index >= 15 is 0 Å². The Labute approximate surface area is 121 Å². The molecule has 0 aliphatic carbocycles. The van der Waals surface area contributed by atoms with Crippen molar-refractivity contribution >= 4 is 21.1 Å². The Morgan fingerprint density at radius 1 is 1.14 bits per heavy atom. The van der Waals surface area contributed by atoms with Crippen molar-refractivity contribution in [3.63, 3.8) is 0 Å². The number of nitrogens with two attached hydrogens (primary N) is 1. The van der Waals surface area contributed by atoms with Crippen LogP contribution in [0.25, 0.3) is 11.0 Å². The Morgan fingerprint density at radius 3 is 2.76 bits per heavy atom. The number of hydrogen-bond donors (Lipinski definition) is 2. The van der Waals surface area contributed by atoms with E-state index in [1.54, 1.807) is 30.6 Å². The van der Waals surface area contributed by atoms with Gasteiger partial charge in [-0.05, 0) is 18.2 Å². The average molecular weight is 298 g/mol. The largest absolute Gasteiger partial charge is 0.261 e. The van der Waals surface area contributed by atoms with Gasteiger partial charge in [0.2, 0.25) is 10.0 Å². The SMILES string of the molecule is NS(=O)(=O)c1ccccc1C#Cc1cnc2[nH]ncc2c1. The first kappa shape index (κ1) is 13.3. The quantitative estimate of drug-likeness (QED) is 0.654. The number of fused-ring (bicyclic) bond motifs is 1. The number of H-pyrrole nitrogens is 1. The molecule has 0 aliphatic rings. The number of rotatable bonds is 1. The van der Waals surface area contributed by atoms with Gasteiger partial charge in [-0.15, -0.1) is 0 Å². The predicted molar refractivity (Wildman–Crippen MR) is 77.7 cm³/mol. The summed E-state index contributed by atoms with van der Waals surface area (Å²) in [5.74, 6) is 5.69.